The minimum atomic E-state index is -0.563. The molecule has 0 aliphatic carbocycles. The van der Waals surface area contributed by atoms with Crippen LogP contribution in [0.3, 0.4) is 0 Å². The van der Waals surface area contributed by atoms with Crippen molar-refractivity contribution in [2.75, 3.05) is 29.4 Å². The third kappa shape index (κ3) is 5.37. The minimum Gasteiger partial charge on any atom is -0.497 e. The molecule has 1 aliphatic heterocycles. The Hall–Kier alpha value is -3.31. The lowest BCUT2D eigenvalue weighted by atomic mass is 10.2. The summed E-state index contributed by atoms with van der Waals surface area (Å²) in [6.07, 6.45) is 1.50. The topological polar surface area (TPSA) is 114 Å². The van der Waals surface area contributed by atoms with E-state index < -0.39 is 6.04 Å². The number of carbonyl (C=O) groups is 3. The largest absolute Gasteiger partial charge is 0.497 e. The highest BCUT2D eigenvalue weighted by Gasteiger charge is 2.34. The van der Waals surface area contributed by atoms with Crippen LogP contribution in [0, 0.1) is 6.92 Å². The molecule has 2 N–H and O–H groups in total. The Kier molecular flexibility index (Phi) is 6.99. The summed E-state index contributed by atoms with van der Waals surface area (Å²) in [6, 6.07) is 8.04. The van der Waals surface area contributed by atoms with Crippen molar-refractivity contribution in [2.45, 2.75) is 19.4 Å². The van der Waals surface area contributed by atoms with Gasteiger partial charge in [-0.1, -0.05) is 0 Å². The quantitative estimate of drug-likeness (QED) is 0.526. The first-order valence-corrected chi connectivity index (χ1v) is 12.1. The van der Waals surface area contributed by atoms with Crippen LogP contribution in [0.5, 0.6) is 5.75 Å². The number of benzene rings is 1. The summed E-state index contributed by atoms with van der Waals surface area (Å²) in [5.74, 6) is 1.43. The number of nitrogens with one attached hydrogen (secondary N) is 2. The van der Waals surface area contributed by atoms with Crippen molar-refractivity contribution in [3.8, 4) is 5.75 Å². The van der Waals surface area contributed by atoms with Crippen molar-refractivity contribution in [1.29, 1.82) is 0 Å². The molecular formula is C22H22N4O5S2. The number of aryl methyl sites for hydroxylation is 1. The van der Waals surface area contributed by atoms with Crippen molar-refractivity contribution in [1.82, 2.24) is 9.88 Å². The maximum atomic E-state index is 12.9. The number of rotatable bonds is 7. The fraction of sp³-hybridized carbons (Fsp3) is 0.273. The Labute approximate surface area is 198 Å². The molecule has 1 saturated heterocycles. The highest BCUT2D eigenvalue weighted by atomic mass is 32.2. The van der Waals surface area contributed by atoms with Gasteiger partial charge in [0, 0.05) is 16.8 Å². The maximum Gasteiger partial charge on any atom is 0.260 e. The van der Waals surface area contributed by atoms with E-state index in [0.717, 1.165) is 0 Å². The normalized spacial score (nSPS) is 15.3. The molecule has 3 amide bonds. The second kappa shape index (κ2) is 10.1. The number of amides is 3. The monoisotopic (exact) mass is 486 g/mol. The van der Waals surface area contributed by atoms with Crippen LogP contribution in [-0.2, 0) is 16.0 Å². The van der Waals surface area contributed by atoms with Crippen LogP contribution in [-0.4, -0.2) is 52.4 Å². The summed E-state index contributed by atoms with van der Waals surface area (Å²) in [5.41, 5.74) is 1.61. The molecule has 2 aromatic heterocycles. The molecule has 0 radical (unpaired) electrons. The van der Waals surface area contributed by atoms with Crippen molar-refractivity contribution in [3.05, 3.63) is 59.0 Å². The zero-order valence-corrected chi connectivity index (χ0v) is 19.6. The van der Waals surface area contributed by atoms with Crippen molar-refractivity contribution in [3.63, 3.8) is 0 Å². The van der Waals surface area contributed by atoms with Gasteiger partial charge in [0.05, 0.1) is 36.9 Å². The number of carbonyl (C=O) groups excluding carboxylic acids is 3. The van der Waals surface area contributed by atoms with Gasteiger partial charge in [0.2, 0.25) is 11.8 Å². The van der Waals surface area contributed by atoms with Crippen LogP contribution in [0.25, 0.3) is 0 Å². The average Bonchev–Trinajstić information content (AvgIpc) is 3.55. The Morgan fingerprint density at radius 1 is 1.21 bits per heavy atom. The Morgan fingerprint density at radius 2 is 2.00 bits per heavy atom. The van der Waals surface area contributed by atoms with Gasteiger partial charge in [0.1, 0.15) is 17.6 Å². The lowest BCUT2D eigenvalue weighted by Crippen LogP contribution is -2.45. The molecule has 11 heteroatoms. The van der Waals surface area contributed by atoms with Crippen LogP contribution in [0.1, 0.15) is 21.8 Å². The van der Waals surface area contributed by atoms with Gasteiger partial charge in [-0.25, -0.2) is 4.98 Å². The number of furan rings is 1. The first-order valence-electron chi connectivity index (χ1n) is 10.1. The van der Waals surface area contributed by atoms with Crippen LogP contribution in [0.15, 0.2) is 46.4 Å². The van der Waals surface area contributed by atoms with E-state index >= 15 is 0 Å². The van der Waals surface area contributed by atoms with Gasteiger partial charge in [0.15, 0.2) is 5.13 Å². The molecule has 0 bridgehead atoms. The van der Waals surface area contributed by atoms with Crippen LogP contribution < -0.4 is 15.4 Å². The van der Waals surface area contributed by atoms with E-state index in [9.17, 15) is 14.4 Å². The van der Waals surface area contributed by atoms with E-state index in [1.807, 2.05) is 0 Å². The van der Waals surface area contributed by atoms with Gasteiger partial charge in [-0.15, -0.1) is 23.1 Å². The standard InChI is InChI=1S/C22H22N4O5S2/c1-13-17(7-8-31-13)20(28)25-22-24-15(10-33-22)9-19(27)26-12-32-11-18(26)21(29)23-14-3-5-16(30-2)6-4-14/h3-8,10,18H,9,11-12H2,1-2H3,(H,23,29)(H,24,25,28). The first kappa shape index (κ1) is 22.9. The molecule has 1 aliphatic rings. The smallest absolute Gasteiger partial charge is 0.260 e. The van der Waals surface area contributed by atoms with E-state index in [-0.39, 0.29) is 24.1 Å². The molecule has 172 valence electrons. The van der Waals surface area contributed by atoms with E-state index in [4.69, 9.17) is 9.15 Å². The van der Waals surface area contributed by atoms with E-state index in [1.54, 1.807) is 54.6 Å². The molecule has 0 saturated carbocycles. The zero-order chi connectivity index (χ0) is 23.4. The molecule has 33 heavy (non-hydrogen) atoms. The van der Waals surface area contributed by atoms with Gasteiger partial charge in [-0.05, 0) is 37.3 Å². The summed E-state index contributed by atoms with van der Waals surface area (Å²) < 4.78 is 10.3. The Balaban J connectivity index is 1.35. The van der Waals surface area contributed by atoms with Crippen molar-refractivity contribution < 1.29 is 23.5 Å². The van der Waals surface area contributed by atoms with Crippen molar-refractivity contribution >= 4 is 51.6 Å². The molecule has 3 aromatic rings. The summed E-state index contributed by atoms with van der Waals surface area (Å²) in [4.78, 5) is 43.9. The van der Waals surface area contributed by atoms with Gasteiger partial charge in [0.25, 0.3) is 5.91 Å². The van der Waals surface area contributed by atoms with Crippen LogP contribution in [0.2, 0.25) is 0 Å². The molecule has 9 nitrogen and oxygen atoms in total. The fourth-order valence-electron chi connectivity index (χ4n) is 3.29. The number of methoxy groups -OCH3 is 1. The minimum absolute atomic E-state index is 0.0456. The zero-order valence-electron chi connectivity index (χ0n) is 18.0. The average molecular weight is 487 g/mol. The molecule has 1 aromatic carbocycles. The van der Waals surface area contributed by atoms with Gasteiger partial charge in [-0.2, -0.15) is 0 Å². The highest BCUT2D eigenvalue weighted by Crippen LogP contribution is 2.25. The third-order valence-electron chi connectivity index (χ3n) is 5.07. The molecular weight excluding hydrogens is 464 g/mol. The summed E-state index contributed by atoms with van der Waals surface area (Å²) in [5, 5.41) is 7.70. The van der Waals surface area contributed by atoms with Gasteiger partial charge >= 0.3 is 0 Å². The number of anilines is 2. The lowest BCUT2D eigenvalue weighted by molar-refractivity contribution is -0.135. The number of hydrogen-bond donors (Lipinski definition) is 2. The number of hydrogen-bond acceptors (Lipinski definition) is 8. The third-order valence-corrected chi connectivity index (χ3v) is 6.89. The van der Waals surface area contributed by atoms with Crippen LogP contribution in [0.4, 0.5) is 10.8 Å². The molecule has 3 heterocycles. The maximum absolute atomic E-state index is 12.9. The van der Waals surface area contributed by atoms with E-state index in [0.29, 0.717) is 45.2 Å². The number of ether oxygens (including phenoxy) is 1. The van der Waals surface area contributed by atoms with Crippen molar-refractivity contribution in [2.24, 2.45) is 0 Å². The predicted octanol–water partition coefficient (Wildman–Crippen LogP) is 3.39. The lowest BCUT2D eigenvalue weighted by Gasteiger charge is -2.23. The predicted molar refractivity (Wildman–Crippen MR) is 127 cm³/mol. The number of nitrogens with zero attached hydrogens (tertiary/aromatic N) is 2. The summed E-state index contributed by atoms with van der Waals surface area (Å²) >= 11 is 2.77. The van der Waals surface area contributed by atoms with E-state index in [2.05, 4.69) is 15.6 Å². The highest BCUT2D eigenvalue weighted by molar-refractivity contribution is 7.99. The van der Waals surface area contributed by atoms with Gasteiger partial charge in [-0.3, -0.25) is 19.7 Å². The summed E-state index contributed by atoms with van der Waals surface area (Å²) in [6.45, 7) is 1.70. The number of aromatic nitrogens is 1. The molecule has 1 fully saturated rings. The molecule has 0 spiro atoms. The Morgan fingerprint density at radius 3 is 2.70 bits per heavy atom. The van der Waals surface area contributed by atoms with Crippen LogP contribution >= 0.6 is 23.1 Å². The second-order valence-electron chi connectivity index (χ2n) is 7.26. The first-order chi connectivity index (χ1) is 15.9. The Bertz CT molecular complexity index is 1160. The molecule has 4 rings (SSSR count). The SMILES string of the molecule is COc1ccc(NC(=O)C2CSCN2C(=O)Cc2csc(NC(=O)c3ccoc3C)n2)cc1. The summed E-state index contributed by atoms with van der Waals surface area (Å²) in [7, 11) is 1.58. The number of thioether (sulfide) groups is 1. The fourth-order valence-corrected chi connectivity index (χ4v) is 5.18. The molecule has 1 atom stereocenters. The van der Waals surface area contributed by atoms with Gasteiger partial charge < -0.3 is 19.4 Å². The second-order valence-corrected chi connectivity index (χ2v) is 9.12. The molecule has 1 unspecified atom stereocenters. The number of thiazole rings is 1. The van der Waals surface area contributed by atoms with E-state index in [1.165, 1.54) is 29.4 Å².